The maximum absolute atomic E-state index is 6.21. The monoisotopic (exact) mass is 448 g/mol. The third kappa shape index (κ3) is 7.46. The van der Waals surface area contributed by atoms with Crippen molar-refractivity contribution in [3.63, 3.8) is 0 Å². The van der Waals surface area contributed by atoms with Crippen molar-refractivity contribution >= 4 is 0 Å². The van der Waals surface area contributed by atoms with Gasteiger partial charge in [0, 0.05) is 14.2 Å². The van der Waals surface area contributed by atoms with Crippen molar-refractivity contribution in [1.82, 2.24) is 0 Å². The van der Waals surface area contributed by atoms with Crippen LogP contribution in [0.25, 0.3) is 0 Å². The van der Waals surface area contributed by atoms with E-state index < -0.39 is 0 Å². The molecule has 0 aromatic rings. The second kappa shape index (κ2) is 14.3. The van der Waals surface area contributed by atoms with Crippen LogP contribution in [-0.2, 0) is 9.47 Å². The van der Waals surface area contributed by atoms with Crippen molar-refractivity contribution in [3.05, 3.63) is 0 Å². The van der Waals surface area contributed by atoms with Crippen molar-refractivity contribution in [2.45, 2.75) is 142 Å². The first-order valence-corrected chi connectivity index (χ1v) is 14.8. The molecule has 188 valence electrons. The van der Waals surface area contributed by atoms with E-state index in [9.17, 15) is 0 Å². The van der Waals surface area contributed by atoms with E-state index in [-0.39, 0.29) is 0 Å². The van der Waals surface area contributed by atoms with E-state index in [1.807, 2.05) is 14.2 Å². The van der Waals surface area contributed by atoms with Crippen LogP contribution in [0.15, 0.2) is 0 Å². The molecule has 0 amide bonds. The number of hydrogen-bond donors (Lipinski definition) is 0. The molecule has 2 heteroatoms. The summed E-state index contributed by atoms with van der Waals surface area (Å²) in [6.45, 7) is 4.65. The second-order valence-corrected chi connectivity index (χ2v) is 11.9. The van der Waals surface area contributed by atoms with Gasteiger partial charge >= 0.3 is 0 Å². The molecule has 0 N–H and O–H groups in total. The number of ether oxygens (including phenoxy) is 2. The van der Waals surface area contributed by atoms with Crippen molar-refractivity contribution in [3.8, 4) is 0 Å². The van der Waals surface area contributed by atoms with Crippen molar-refractivity contribution in [2.24, 2.45) is 35.5 Å². The highest BCUT2D eigenvalue weighted by atomic mass is 16.5. The predicted molar refractivity (Wildman–Crippen MR) is 137 cm³/mol. The Labute approximate surface area is 201 Å². The number of methoxy groups -OCH3 is 2. The van der Waals surface area contributed by atoms with E-state index in [4.69, 9.17) is 9.47 Å². The van der Waals surface area contributed by atoms with Crippen LogP contribution in [0.3, 0.4) is 0 Å². The summed E-state index contributed by atoms with van der Waals surface area (Å²) in [5.74, 6) is 5.19. The molecule has 3 rings (SSSR count). The van der Waals surface area contributed by atoms with Gasteiger partial charge in [-0.1, -0.05) is 90.9 Å². The molecule has 0 saturated heterocycles. The standard InChI is InChI=1S/C30H56O2/c1-5-7-9-11-23-13-17-25(18-14-23)27-21-30(32-4)28(22-29(27)31-3)26-19-15-24(16-20-26)12-10-8-6-2/h23-30H,5-22H2,1-4H3. The molecule has 3 fully saturated rings. The zero-order valence-electron chi connectivity index (χ0n) is 22.2. The van der Waals surface area contributed by atoms with Crippen LogP contribution < -0.4 is 0 Å². The van der Waals surface area contributed by atoms with Gasteiger partial charge in [-0.05, 0) is 74.0 Å². The average molecular weight is 449 g/mol. The zero-order chi connectivity index (χ0) is 22.8. The highest BCUT2D eigenvalue weighted by Crippen LogP contribution is 2.48. The first kappa shape index (κ1) is 26.5. The number of hydrogen-bond acceptors (Lipinski definition) is 2. The molecule has 0 bridgehead atoms. The number of unbranched alkanes of at least 4 members (excludes halogenated alkanes) is 4. The summed E-state index contributed by atoms with van der Waals surface area (Å²) in [6.07, 6.45) is 26.4. The van der Waals surface area contributed by atoms with Gasteiger partial charge in [0.1, 0.15) is 0 Å². The first-order valence-electron chi connectivity index (χ1n) is 14.8. The van der Waals surface area contributed by atoms with Crippen LogP contribution in [0.4, 0.5) is 0 Å². The fraction of sp³-hybridized carbons (Fsp3) is 1.00. The number of rotatable bonds is 12. The lowest BCUT2D eigenvalue weighted by Gasteiger charge is -2.48. The fourth-order valence-electron chi connectivity index (χ4n) is 7.90. The van der Waals surface area contributed by atoms with E-state index in [1.54, 1.807) is 0 Å². The molecule has 0 heterocycles. The molecule has 3 aliphatic rings. The Balaban J connectivity index is 1.49. The molecule has 3 aliphatic carbocycles. The molecule has 0 aromatic heterocycles. The molecule has 0 radical (unpaired) electrons. The van der Waals surface area contributed by atoms with Crippen molar-refractivity contribution in [1.29, 1.82) is 0 Å². The normalized spacial score (nSPS) is 38.6. The van der Waals surface area contributed by atoms with Crippen LogP contribution in [0.1, 0.15) is 129 Å². The lowest BCUT2D eigenvalue weighted by atomic mass is 9.62. The van der Waals surface area contributed by atoms with Crippen LogP contribution >= 0.6 is 0 Å². The highest BCUT2D eigenvalue weighted by Gasteiger charge is 2.44. The third-order valence-corrected chi connectivity index (χ3v) is 10.00. The lowest BCUT2D eigenvalue weighted by Crippen LogP contribution is -2.47. The average Bonchev–Trinajstić information content (AvgIpc) is 2.84. The van der Waals surface area contributed by atoms with Gasteiger partial charge in [-0.25, -0.2) is 0 Å². The lowest BCUT2D eigenvalue weighted by molar-refractivity contribution is -0.106. The maximum atomic E-state index is 6.21. The van der Waals surface area contributed by atoms with Gasteiger partial charge in [0.05, 0.1) is 12.2 Å². The summed E-state index contributed by atoms with van der Waals surface area (Å²) in [4.78, 5) is 0. The Morgan fingerprint density at radius 3 is 1.22 bits per heavy atom. The summed E-state index contributed by atoms with van der Waals surface area (Å²) in [6, 6.07) is 0. The van der Waals surface area contributed by atoms with Crippen LogP contribution in [0.2, 0.25) is 0 Å². The van der Waals surface area contributed by atoms with E-state index in [0.717, 1.165) is 35.5 Å². The van der Waals surface area contributed by atoms with Gasteiger partial charge in [-0.15, -0.1) is 0 Å². The molecule has 3 saturated carbocycles. The second-order valence-electron chi connectivity index (χ2n) is 11.9. The van der Waals surface area contributed by atoms with E-state index in [1.165, 1.54) is 116 Å². The van der Waals surface area contributed by atoms with Gasteiger partial charge in [0.25, 0.3) is 0 Å². The zero-order valence-corrected chi connectivity index (χ0v) is 22.2. The maximum Gasteiger partial charge on any atom is 0.0606 e. The molecule has 2 nitrogen and oxygen atoms in total. The molecule has 4 atom stereocenters. The molecule has 4 unspecified atom stereocenters. The minimum atomic E-state index is 0.468. The van der Waals surface area contributed by atoms with Crippen LogP contribution in [0.5, 0.6) is 0 Å². The summed E-state index contributed by atoms with van der Waals surface area (Å²) in [7, 11) is 3.98. The van der Waals surface area contributed by atoms with E-state index >= 15 is 0 Å². The van der Waals surface area contributed by atoms with Gasteiger partial charge in [-0.2, -0.15) is 0 Å². The Bertz CT molecular complexity index is 431. The minimum absolute atomic E-state index is 0.468. The Morgan fingerprint density at radius 2 is 0.906 bits per heavy atom. The Hall–Kier alpha value is -0.0800. The topological polar surface area (TPSA) is 18.5 Å². The summed E-state index contributed by atoms with van der Waals surface area (Å²) < 4.78 is 12.4. The summed E-state index contributed by atoms with van der Waals surface area (Å²) >= 11 is 0. The van der Waals surface area contributed by atoms with Crippen LogP contribution in [-0.4, -0.2) is 26.4 Å². The fourth-order valence-corrected chi connectivity index (χ4v) is 7.90. The SMILES string of the molecule is CCCCCC1CCC(C2CC(OC)C(C3CCC(CCCCC)CC3)CC2OC)CC1. The molecule has 32 heavy (non-hydrogen) atoms. The van der Waals surface area contributed by atoms with E-state index in [2.05, 4.69) is 13.8 Å². The summed E-state index contributed by atoms with van der Waals surface area (Å²) in [5, 5.41) is 0. The highest BCUT2D eigenvalue weighted by molar-refractivity contribution is 4.95. The largest absolute Gasteiger partial charge is 0.381 e. The minimum Gasteiger partial charge on any atom is -0.381 e. The molecular weight excluding hydrogens is 392 g/mol. The third-order valence-electron chi connectivity index (χ3n) is 10.00. The van der Waals surface area contributed by atoms with Crippen LogP contribution in [0, 0.1) is 35.5 Å². The first-order chi connectivity index (χ1) is 15.7. The predicted octanol–water partition coefficient (Wildman–Crippen LogP) is 8.82. The van der Waals surface area contributed by atoms with Crippen molar-refractivity contribution < 1.29 is 9.47 Å². The molecule has 0 aromatic carbocycles. The van der Waals surface area contributed by atoms with Gasteiger partial charge in [-0.3, -0.25) is 0 Å². The Kier molecular flexibility index (Phi) is 11.9. The van der Waals surface area contributed by atoms with Gasteiger partial charge in [0.2, 0.25) is 0 Å². The quantitative estimate of drug-likeness (QED) is 0.278. The van der Waals surface area contributed by atoms with Gasteiger partial charge < -0.3 is 9.47 Å². The molecule has 0 spiro atoms. The molecular formula is C30H56O2. The summed E-state index contributed by atoms with van der Waals surface area (Å²) in [5.41, 5.74) is 0. The molecule has 0 aliphatic heterocycles. The Morgan fingerprint density at radius 1 is 0.531 bits per heavy atom. The van der Waals surface area contributed by atoms with Crippen molar-refractivity contribution in [2.75, 3.05) is 14.2 Å². The smallest absolute Gasteiger partial charge is 0.0606 e. The van der Waals surface area contributed by atoms with Gasteiger partial charge in [0.15, 0.2) is 0 Å². The van der Waals surface area contributed by atoms with E-state index in [0.29, 0.717) is 12.2 Å².